The van der Waals surface area contributed by atoms with Gasteiger partial charge in [0.25, 0.3) is 0 Å². The third-order valence-corrected chi connectivity index (χ3v) is 2.92. The van der Waals surface area contributed by atoms with Gasteiger partial charge in [0.15, 0.2) is 0 Å². The van der Waals surface area contributed by atoms with Crippen molar-refractivity contribution in [2.75, 3.05) is 0 Å². The lowest BCUT2D eigenvalue weighted by atomic mass is 10.1. The predicted octanol–water partition coefficient (Wildman–Crippen LogP) is 1.14. The minimum absolute atomic E-state index is 0.123. The maximum absolute atomic E-state index is 12.0. The van der Waals surface area contributed by atoms with Crippen LogP contribution in [0.2, 0.25) is 0 Å². The molecule has 1 aromatic heterocycles. The minimum Gasteiger partial charge on any atom is -0.295 e. The Bertz CT molecular complexity index is 778. The van der Waals surface area contributed by atoms with Crippen LogP contribution in [0.25, 0.3) is 5.69 Å². The lowest BCUT2D eigenvalue weighted by molar-refractivity contribution is 0.738. The lowest BCUT2D eigenvalue weighted by Gasteiger charge is -2.10. The van der Waals surface area contributed by atoms with Gasteiger partial charge in [0, 0.05) is 12.4 Å². The average molecular weight is 255 g/mol. The Morgan fingerprint density at radius 3 is 2.58 bits per heavy atom. The summed E-state index contributed by atoms with van der Waals surface area (Å²) in [7, 11) is 0. The van der Waals surface area contributed by atoms with Crippen LogP contribution in [0, 0.1) is 25.2 Å². The molecule has 0 aliphatic heterocycles. The van der Waals surface area contributed by atoms with Gasteiger partial charge in [-0.2, -0.15) is 5.26 Å². The molecule has 5 heteroatoms. The van der Waals surface area contributed by atoms with Crippen LogP contribution in [-0.4, -0.2) is 9.13 Å². The molecule has 0 saturated heterocycles. The summed E-state index contributed by atoms with van der Waals surface area (Å²) < 4.78 is 2.42. The third-order valence-electron chi connectivity index (χ3n) is 2.92. The van der Waals surface area contributed by atoms with Crippen LogP contribution < -0.4 is 11.1 Å². The van der Waals surface area contributed by atoms with Crippen molar-refractivity contribution in [3.8, 4) is 11.8 Å². The van der Waals surface area contributed by atoms with E-state index in [0.717, 1.165) is 15.7 Å². The largest absolute Gasteiger partial charge is 0.321 e. The van der Waals surface area contributed by atoms with Crippen LogP contribution in [0.15, 0.2) is 40.2 Å². The topological polar surface area (TPSA) is 67.8 Å². The highest BCUT2D eigenvalue weighted by atomic mass is 16.2. The van der Waals surface area contributed by atoms with E-state index in [-0.39, 0.29) is 6.54 Å². The second-order valence-electron chi connectivity index (χ2n) is 4.35. The number of hydrogen-bond donors (Lipinski definition) is 0. The van der Waals surface area contributed by atoms with Crippen molar-refractivity contribution < 1.29 is 0 Å². The fourth-order valence-electron chi connectivity index (χ4n) is 1.88. The Hall–Kier alpha value is -2.61. The molecule has 0 aliphatic carbocycles. The first kappa shape index (κ1) is 12.8. The zero-order valence-electron chi connectivity index (χ0n) is 10.8. The van der Waals surface area contributed by atoms with Crippen LogP contribution in [0.3, 0.4) is 0 Å². The molecule has 0 N–H and O–H groups in total. The summed E-state index contributed by atoms with van der Waals surface area (Å²) in [6.07, 6.45) is 2.97. The van der Waals surface area contributed by atoms with Crippen molar-refractivity contribution in [1.29, 1.82) is 5.26 Å². The second-order valence-corrected chi connectivity index (χ2v) is 4.35. The van der Waals surface area contributed by atoms with Crippen molar-refractivity contribution in [1.82, 2.24) is 9.13 Å². The van der Waals surface area contributed by atoms with Crippen LogP contribution in [0.1, 0.15) is 11.1 Å². The molecule has 0 fully saturated rings. The second kappa shape index (κ2) is 4.94. The molecule has 0 radical (unpaired) electrons. The van der Waals surface area contributed by atoms with Gasteiger partial charge in [0.05, 0.1) is 11.8 Å². The highest BCUT2D eigenvalue weighted by Crippen LogP contribution is 2.13. The van der Waals surface area contributed by atoms with E-state index in [1.807, 2.05) is 38.1 Å². The fourth-order valence-corrected chi connectivity index (χ4v) is 1.88. The Kier molecular flexibility index (Phi) is 3.34. The summed E-state index contributed by atoms with van der Waals surface area (Å²) in [6.45, 7) is 3.68. The van der Waals surface area contributed by atoms with Gasteiger partial charge in [-0.3, -0.25) is 18.7 Å². The van der Waals surface area contributed by atoms with Gasteiger partial charge in [0.2, 0.25) is 0 Å². The maximum atomic E-state index is 12.0. The first-order valence-corrected chi connectivity index (χ1v) is 5.81. The Labute approximate surface area is 110 Å². The van der Waals surface area contributed by atoms with E-state index < -0.39 is 11.1 Å². The number of nitrogens with zero attached hydrogens (tertiary/aromatic N) is 3. The van der Waals surface area contributed by atoms with Crippen LogP contribution in [-0.2, 0) is 6.54 Å². The molecule has 5 nitrogen and oxygen atoms in total. The summed E-state index contributed by atoms with van der Waals surface area (Å²) in [5.41, 5.74) is 1.27. The van der Waals surface area contributed by atoms with E-state index >= 15 is 0 Å². The van der Waals surface area contributed by atoms with Crippen molar-refractivity contribution in [3.63, 3.8) is 0 Å². The molecule has 0 saturated carbocycles. The van der Waals surface area contributed by atoms with Gasteiger partial charge in [-0.25, -0.2) is 0 Å². The summed E-state index contributed by atoms with van der Waals surface area (Å²) >= 11 is 0. The lowest BCUT2D eigenvalue weighted by Crippen LogP contribution is -2.40. The molecule has 0 amide bonds. The monoisotopic (exact) mass is 255 g/mol. The SMILES string of the molecule is Cc1ccc(C)c(-n2ccn(CC#N)c(=O)c2=O)c1. The molecule has 0 bridgehead atoms. The molecule has 2 rings (SSSR count). The maximum Gasteiger partial charge on any atom is 0.321 e. The Balaban J connectivity index is 2.69. The number of hydrogen-bond acceptors (Lipinski definition) is 3. The number of nitriles is 1. The number of benzene rings is 1. The van der Waals surface area contributed by atoms with E-state index in [4.69, 9.17) is 5.26 Å². The van der Waals surface area contributed by atoms with Crippen molar-refractivity contribution in [2.24, 2.45) is 0 Å². The van der Waals surface area contributed by atoms with Crippen LogP contribution in [0.5, 0.6) is 0 Å². The third kappa shape index (κ3) is 2.33. The molecular formula is C14H13N3O2. The Morgan fingerprint density at radius 1 is 1.16 bits per heavy atom. The Morgan fingerprint density at radius 2 is 1.89 bits per heavy atom. The summed E-state index contributed by atoms with van der Waals surface area (Å²) in [5, 5.41) is 8.58. The minimum atomic E-state index is -0.690. The summed E-state index contributed by atoms with van der Waals surface area (Å²) in [6, 6.07) is 7.54. The highest BCUT2D eigenvalue weighted by molar-refractivity contribution is 5.42. The molecule has 0 atom stereocenters. The van der Waals surface area contributed by atoms with Crippen LogP contribution in [0.4, 0.5) is 0 Å². The fraction of sp³-hybridized carbons (Fsp3) is 0.214. The van der Waals surface area contributed by atoms with Gasteiger partial charge in [-0.15, -0.1) is 0 Å². The highest BCUT2D eigenvalue weighted by Gasteiger charge is 2.08. The number of aromatic nitrogens is 2. The zero-order chi connectivity index (χ0) is 14.0. The molecule has 19 heavy (non-hydrogen) atoms. The number of rotatable bonds is 2. The molecule has 0 unspecified atom stereocenters. The molecular weight excluding hydrogens is 242 g/mol. The number of aryl methyl sites for hydroxylation is 2. The molecule has 1 aromatic carbocycles. The molecule has 1 heterocycles. The van der Waals surface area contributed by atoms with Crippen molar-refractivity contribution in [3.05, 3.63) is 62.4 Å². The van der Waals surface area contributed by atoms with E-state index in [1.165, 1.54) is 17.0 Å². The van der Waals surface area contributed by atoms with Gasteiger partial charge in [-0.1, -0.05) is 12.1 Å². The van der Waals surface area contributed by atoms with Gasteiger partial charge >= 0.3 is 11.1 Å². The van der Waals surface area contributed by atoms with E-state index in [2.05, 4.69) is 0 Å². The van der Waals surface area contributed by atoms with Crippen molar-refractivity contribution >= 4 is 0 Å². The van der Waals surface area contributed by atoms with Crippen LogP contribution >= 0.6 is 0 Å². The predicted molar refractivity (Wildman–Crippen MR) is 71.4 cm³/mol. The molecule has 0 spiro atoms. The van der Waals surface area contributed by atoms with Crippen molar-refractivity contribution in [2.45, 2.75) is 20.4 Å². The summed E-state index contributed by atoms with van der Waals surface area (Å²) in [4.78, 5) is 23.9. The molecule has 96 valence electrons. The average Bonchev–Trinajstić information content (AvgIpc) is 2.39. The van der Waals surface area contributed by atoms with Gasteiger partial charge < -0.3 is 0 Å². The first-order valence-electron chi connectivity index (χ1n) is 5.81. The zero-order valence-corrected chi connectivity index (χ0v) is 10.8. The van der Waals surface area contributed by atoms with E-state index in [9.17, 15) is 9.59 Å². The standard InChI is InChI=1S/C14H13N3O2/c1-10-3-4-11(2)12(9-10)17-8-7-16(6-5-15)13(18)14(17)19/h3-4,7-9H,6H2,1-2H3. The normalized spacial score (nSPS) is 10.2. The molecule has 2 aromatic rings. The summed E-state index contributed by atoms with van der Waals surface area (Å²) in [5.74, 6) is 0. The smallest absolute Gasteiger partial charge is 0.295 e. The first-order chi connectivity index (χ1) is 9.04. The van der Waals surface area contributed by atoms with Gasteiger partial charge in [-0.05, 0) is 31.0 Å². The molecule has 0 aliphatic rings. The van der Waals surface area contributed by atoms with E-state index in [0.29, 0.717) is 5.69 Å². The van der Waals surface area contributed by atoms with E-state index in [1.54, 1.807) is 0 Å². The van der Waals surface area contributed by atoms with Gasteiger partial charge in [0.1, 0.15) is 6.54 Å². The quantitative estimate of drug-likeness (QED) is 0.756.